The number of anilines is 2. The van der Waals surface area contributed by atoms with Gasteiger partial charge in [0.25, 0.3) is 5.71 Å². The number of nitrogens with zero attached hydrogens (tertiary/aromatic N) is 3. The molecule has 8 heteroatoms. The maximum absolute atomic E-state index is 13.8. The largest absolute Gasteiger partial charge is 0.460 e. The fourth-order valence-electron chi connectivity index (χ4n) is 2.06. The van der Waals surface area contributed by atoms with E-state index in [1.54, 1.807) is 32.0 Å². The van der Waals surface area contributed by atoms with Gasteiger partial charge in [-0.05, 0) is 26.0 Å². The zero-order chi connectivity index (χ0) is 16.4. The molecular weight excluding hydrogens is 303 g/mol. The molecular formula is C15H13FN4O3. The number of hydrogen-bond donors (Lipinski definition) is 1. The van der Waals surface area contributed by atoms with E-state index in [0.29, 0.717) is 11.1 Å². The van der Waals surface area contributed by atoms with Crippen LogP contribution in [0.2, 0.25) is 0 Å². The summed E-state index contributed by atoms with van der Waals surface area (Å²) in [5.41, 5.74) is 0.858. The molecule has 0 amide bonds. The number of hydrogen-bond acceptors (Lipinski definition) is 7. The number of rotatable bonds is 4. The van der Waals surface area contributed by atoms with Gasteiger partial charge in [0.1, 0.15) is 17.0 Å². The van der Waals surface area contributed by atoms with Gasteiger partial charge in [-0.15, -0.1) is 0 Å². The molecule has 0 radical (unpaired) electrons. The van der Waals surface area contributed by atoms with Crippen LogP contribution in [0.3, 0.4) is 0 Å². The zero-order valence-electron chi connectivity index (χ0n) is 12.5. The molecule has 0 saturated carbocycles. The van der Waals surface area contributed by atoms with E-state index in [4.69, 9.17) is 9.26 Å². The number of aromatic nitrogens is 3. The highest BCUT2D eigenvalue weighted by molar-refractivity contribution is 5.94. The Hall–Kier alpha value is -3.03. The second-order valence-corrected chi connectivity index (χ2v) is 4.67. The highest BCUT2D eigenvalue weighted by Crippen LogP contribution is 2.27. The molecule has 0 spiro atoms. The number of carbonyl (C=O) groups is 1. The number of aryl methyl sites for hydroxylation is 1. The third kappa shape index (κ3) is 2.83. The molecule has 7 nitrogen and oxygen atoms in total. The van der Waals surface area contributed by atoms with Crippen molar-refractivity contribution in [2.24, 2.45) is 0 Å². The Balaban J connectivity index is 2.11. The molecule has 0 fully saturated rings. The summed E-state index contributed by atoms with van der Waals surface area (Å²) in [6.45, 7) is 3.56. The number of nitrogens with one attached hydrogen (secondary N) is 1. The van der Waals surface area contributed by atoms with Crippen molar-refractivity contribution in [3.63, 3.8) is 0 Å². The van der Waals surface area contributed by atoms with E-state index in [9.17, 15) is 9.18 Å². The minimum atomic E-state index is -0.694. The third-order valence-corrected chi connectivity index (χ3v) is 3.09. The Morgan fingerprint density at radius 3 is 2.87 bits per heavy atom. The van der Waals surface area contributed by atoms with Crippen LogP contribution in [0, 0.1) is 12.7 Å². The highest BCUT2D eigenvalue weighted by atomic mass is 19.1. The number of esters is 1. The fraction of sp³-hybridized carbons (Fsp3) is 0.200. The number of fused-ring (bicyclic) bond motifs is 1. The van der Waals surface area contributed by atoms with Crippen LogP contribution in [0.5, 0.6) is 0 Å². The molecule has 1 N–H and O–H groups in total. The second-order valence-electron chi connectivity index (χ2n) is 4.67. The molecule has 0 unspecified atom stereocenters. The molecule has 0 aliphatic rings. The van der Waals surface area contributed by atoms with E-state index >= 15 is 0 Å². The SMILES string of the molecule is CCOC(=O)c1nc(Nc2ccccc2F)c2c(C)noc2n1. The van der Waals surface area contributed by atoms with Gasteiger partial charge in [0.05, 0.1) is 18.0 Å². The molecule has 0 aliphatic carbocycles. The predicted molar refractivity (Wildman–Crippen MR) is 80.0 cm³/mol. The van der Waals surface area contributed by atoms with Crippen LogP contribution in [0.1, 0.15) is 23.2 Å². The van der Waals surface area contributed by atoms with Gasteiger partial charge in [-0.3, -0.25) is 0 Å². The lowest BCUT2D eigenvalue weighted by Gasteiger charge is -2.08. The minimum absolute atomic E-state index is 0.124. The summed E-state index contributed by atoms with van der Waals surface area (Å²) in [4.78, 5) is 20.0. The summed E-state index contributed by atoms with van der Waals surface area (Å²) in [5.74, 6) is -1.11. The van der Waals surface area contributed by atoms with Gasteiger partial charge in [-0.2, -0.15) is 4.98 Å². The van der Waals surface area contributed by atoms with Crippen molar-refractivity contribution in [2.75, 3.05) is 11.9 Å². The number of halogens is 1. The molecule has 0 saturated heterocycles. The lowest BCUT2D eigenvalue weighted by Crippen LogP contribution is -2.11. The lowest BCUT2D eigenvalue weighted by atomic mass is 10.2. The van der Waals surface area contributed by atoms with Gasteiger partial charge in [-0.1, -0.05) is 17.3 Å². The van der Waals surface area contributed by atoms with Crippen LogP contribution in [0.15, 0.2) is 28.8 Å². The van der Waals surface area contributed by atoms with Gasteiger partial charge in [0, 0.05) is 0 Å². The summed E-state index contributed by atoms with van der Waals surface area (Å²) in [7, 11) is 0. The van der Waals surface area contributed by atoms with Crippen LogP contribution in [0.25, 0.3) is 11.1 Å². The Morgan fingerprint density at radius 1 is 1.35 bits per heavy atom. The van der Waals surface area contributed by atoms with Crippen LogP contribution >= 0.6 is 0 Å². The van der Waals surface area contributed by atoms with Gasteiger partial charge in [-0.25, -0.2) is 14.2 Å². The molecule has 0 bridgehead atoms. The Morgan fingerprint density at radius 2 is 2.13 bits per heavy atom. The number of benzene rings is 1. The first-order valence-corrected chi connectivity index (χ1v) is 6.93. The molecule has 3 rings (SSSR count). The fourth-order valence-corrected chi connectivity index (χ4v) is 2.06. The minimum Gasteiger partial charge on any atom is -0.460 e. The summed E-state index contributed by atoms with van der Waals surface area (Å²) in [6, 6.07) is 6.12. The highest BCUT2D eigenvalue weighted by Gasteiger charge is 2.20. The van der Waals surface area contributed by atoms with Gasteiger partial charge < -0.3 is 14.6 Å². The van der Waals surface area contributed by atoms with Crippen molar-refractivity contribution >= 4 is 28.6 Å². The van der Waals surface area contributed by atoms with E-state index in [1.165, 1.54) is 6.07 Å². The molecule has 3 aromatic rings. The van der Waals surface area contributed by atoms with Crippen molar-refractivity contribution in [1.82, 2.24) is 15.1 Å². The van der Waals surface area contributed by atoms with Gasteiger partial charge in [0.2, 0.25) is 5.82 Å². The first kappa shape index (κ1) is 14.9. The van der Waals surface area contributed by atoms with Crippen molar-refractivity contribution in [3.05, 3.63) is 41.6 Å². The normalized spacial score (nSPS) is 10.7. The average molecular weight is 316 g/mol. The van der Waals surface area contributed by atoms with Crippen LogP contribution in [-0.4, -0.2) is 27.7 Å². The smallest absolute Gasteiger partial charge is 0.376 e. The molecule has 2 aromatic heterocycles. The molecule has 2 heterocycles. The quantitative estimate of drug-likeness (QED) is 0.740. The summed E-state index contributed by atoms with van der Waals surface area (Å²) < 4.78 is 23.8. The molecule has 118 valence electrons. The monoisotopic (exact) mass is 316 g/mol. The maximum atomic E-state index is 13.8. The molecule has 1 aromatic carbocycles. The molecule has 0 aliphatic heterocycles. The summed E-state index contributed by atoms with van der Waals surface area (Å²) in [5, 5.41) is 7.12. The van der Waals surface area contributed by atoms with Crippen LogP contribution in [0.4, 0.5) is 15.9 Å². The van der Waals surface area contributed by atoms with E-state index in [1.807, 2.05) is 0 Å². The summed E-state index contributed by atoms with van der Waals surface area (Å²) in [6.07, 6.45) is 0. The Labute approximate surface area is 130 Å². The Bertz CT molecular complexity index is 878. The van der Waals surface area contributed by atoms with Crippen molar-refractivity contribution in [1.29, 1.82) is 0 Å². The van der Waals surface area contributed by atoms with E-state index in [-0.39, 0.29) is 29.7 Å². The first-order valence-electron chi connectivity index (χ1n) is 6.93. The van der Waals surface area contributed by atoms with Crippen molar-refractivity contribution in [2.45, 2.75) is 13.8 Å². The number of carbonyl (C=O) groups excluding carboxylic acids is 1. The van der Waals surface area contributed by atoms with E-state index in [0.717, 1.165) is 0 Å². The van der Waals surface area contributed by atoms with Crippen molar-refractivity contribution in [3.8, 4) is 0 Å². The van der Waals surface area contributed by atoms with E-state index < -0.39 is 11.8 Å². The number of para-hydroxylation sites is 1. The van der Waals surface area contributed by atoms with E-state index in [2.05, 4.69) is 20.4 Å². The first-order chi connectivity index (χ1) is 11.1. The zero-order valence-corrected chi connectivity index (χ0v) is 12.5. The topological polar surface area (TPSA) is 90.1 Å². The van der Waals surface area contributed by atoms with Crippen molar-refractivity contribution < 1.29 is 18.4 Å². The standard InChI is InChI=1S/C15H13FN4O3/c1-3-22-15(21)13-18-12(11-8(2)20-23-14(11)19-13)17-10-7-5-4-6-9(10)16/h4-7H,3H2,1-2H3,(H,17,18,19). The predicted octanol–water partition coefficient (Wildman–Crippen LogP) is 2.99. The third-order valence-electron chi connectivity index (χ3n) is 3.09. The second kappa shape index (κ2) is 5.99. The van der Waals surface area contributed by atoms with Gasteiger partial charge >= 0.3 is 5.97 Å². The lowest BCUT2D eigenvalue weighted by molar-refractivity contribution is 0.0512. The van der Waals surface area contributed by atoms with Crippen LogP contribution < -0.4 is 5.32 Å². The molecule has 23 heavy (non-hydrogen) atoms. The summed E-state index contributed by atoms with van der Waals surface area (Å²) >= 11 is 0. The average Bonchev–Trinajstić information content (AvgIpc) is 2.91. The van der Waals surface area contributed by atoms with Crippen LogP contribution in [-0.2, 0) is 4.74 Å². The Kier molecular flexibility index (Phi) is 3.88. The maximum Gasteiger partial charge on any atom is 0.376 e. The number of ether oxygens (including phenoxy) is 1. The van der Waals surface area contributed by atoms with Gasteiger partial charge in [0.15, 0.2) is 0 Å². The molecule has 0 atom stereocenters.